The largest absolute Gasteiger partial charge is 0.441 e. The molecule has 0 aromatic heterocycles. The first kappa shape index (κ1) is 20.7. The van der Waals surface area contributed by atoms with E-state index in [1.807, 2.05) is 13.8 Å². The van der Waals surface area contributed by atoms with E-state index in [-0.39, 0.29) is 11.4 Å². The Morgan fingerprint density at radius 3 is 2.57 bits per heavy atom. The first-order valence-corrected chi connectivity index (χ1v) is 10.3. The Kier molecular flexibility index (Phi) is 6.30. The Morgan fingerprint density at radius 1 is 1.32 bits per heavy atom. The Labute approximate surface area is 167 Å². The lowest BCUT2D eigenvalue weighted by atomic mass is 9.72. The molecular formula is C23H31FN2O2. The smallest absolute Gasteiger partial charge is 0.408 e. The Hall–Kier alpha value is -2.06. The number of nitrogens with one attached hydrogen (secondary N) is 1. The van der Waals surface area contributed by atoms with Crippen LogP contribution in [-0.4, -0.2) is 41.8 Å². The van der Waals surface area contributed by atoms with Gasteiger partial charge in [-0.25, -0.2) is 9.18 Å². The van der Waals surface area contributed by atoms with Crippen molar-refractivity contribution in [2.75, 3.05) is 19.6 Å². The Balaban J connectivity index is 1.66. The molecule has 1 unspecified atom stereocenters. The molecule has 0 radical (unpaired) electrons. The van der Waals surface area contributed by atoms with Gasteiger partial charge in [0.15, 0.2) is 0 Å². The van der Waals surface area contributed by atoms with Crippen LogP contribution in [0.2, 0.25) is 0 Å². The van der Waals surface area contributed by atoms with E-state index < -0.39 is 11.6 Å². The molecule has 4 rings (SSSR count). The van der Waals surface area contributed by atoms with Crippen LogP contribution in [0.15, 0.2) is 24.3 Å². The minimum atomic E-state index is -0.745. The SMILES string of the molecule is CCCCC1(OC(=O)NC(C)(C)C#Cc2ccc(F)cc2)CN2CCC1CC2. The minimum Gasteiger partial charge on any atom is -0.441 e. The molecular weight excluding hydrogens is 355 g/mol. The molecule has 152 valence electrons. The first-order chi connectivity index (χ1) is 13.3. The van der Waals surface area contributed by atoms with Crippen LogP contribution < -0.4 is 5.32 Å². The number of halogens is 1. The highest BCUT2D eigenvalue weighted by Crippen LogP contribution is 2.41. The van der Waals surface area contributed by atoms with E-state index >= 15 is 0 Å². The van der Waals surface area contributed by atoms with E-state index in [4.69, 9.17) is 4.74 Å². The molecule has 5 heteroatoms. The molecule has 2 bridgehead atoms. The number of carbonyl (C=O) groups excluding carboxylic acids is 1. The van der Waals surface area contributed by atoms with Crippen molar-refractivity contribution >= 4 is 6.09 Å². The highest BCUT2D eigenvalue weighted by Gasteiger charge is 2.49. The summed E-state index contributed by atoms with van der Waals surface area (Å²) in [5.74, 6) is 6.21. The summed E-state index contributed by atoms with van der Waals surface area (Å²) >= 11 is 0. The van der Waals surface area contributed by atoms with Crippen LogP contribution in [0.3, 0.4) is 0 Å². The van der Waals surface area contributed by atoms with Crippen LogP contribution in [0, 0.1) is 23.6 Å². The van der Waals surface area contributed by atoms with Gasteiger partial charge in [-0.05, 0) is 76.9 Å². The van der Waals surface area contributed by atoms with Crippen LogP contribution in [0.25, 0.3) is 0 Å². The van der Waals surface area contributed by atoms with Crippen LogP contribution in [0.1, 0.15) is 58.4 Å². The molecule has 3 aliphatic heterocycles. The number of alkyl carbamates (subject to hydrolysis) is 1. The number of carbonyl (C=O) groups is 1. The average molecular weight is 387 g/mol. The molecule has 1 amide bonds. The maximum Gasteiger partial charge on any atom is 0.408 e. The van der Waals surface area contributed by atoms with E-state index in [9.17, 15) is 9.18 Å². The second-order valence-corrected chi connectivity index (χ2v) is 8.62. The van der Waals surface area contributed by atoms with Crippen molar-refractivity contribution in [3.05, 3.63) is 35.6 Å². The summed E-state index contributed by atoms with van der Waals surface area (Å²) in [6.45, 7) is 8.92. The standard InChI is InChI=1S/C23H31FN2O2/c1-4-5-13-23(17-26-15-11-19(23)12-16-26)28-21(27)25-22(2,3)14-10-18-6-8-20(24)9-7-18/h6-9,19H,4-5,11-13,15-17H2,1-3H3,(H,25,27). The number of hydrogen-bond donors (Lipinski definition) is 1. The fraction of sp³-hybridized carbons (Fsp3) is 0.609. The highest BCUT2D eigenvalue weighted by molar-refractivity contribution is 5.69. The van der Waals surface area contributed by atoms with Gasteiger partial charge in [-0.1, -0.05) is 25.2 Å². The summed E-state index contributed by atoms with van der Waals surface area (Å²) in [5.41, 5.74) is -0.413. The third-order valence-electron chi connectivity index (χ3n) is 5.85. The molecule has 1 aromatic rings. The third-order valence-corrected chi connectivity index (χ3v) is 5.85. The number of piperidine rings is 3. The maximum absolute atomic E-state index is 13.0. The van der Waals surface area contributed by atoms with E-state index in [1.165, 1.54) is 12.1 Å². The lowest BCUT2D eigenvalue weighted by Gasteiger charge is -2.52. The van der Waals surface area contributed by atoms with Crippen molar-refractivity contribution in [2.24, 2.45) is 5.92 Å². The van der Waals surface area contributed by atoms with Gasteiger partial charge in [0, 0.05) is 18.0 Å². The lowest BCUT2D eigenvalue weighted by molar-refractivity contribution is -0.121. The topological polar surface area (TPSA) is 41.6 Å². The van der Waals surface area contributed by atoms with Crippen molar-refractivity contribution in [3.8, 4) is 11.8 Å². The Bertz CT molecular complexity index is 742. The predicted octanol–water partition coefficient (Wildman–Crippen LogP) is 4.34. The molecule has 0 saturated carbocycles. The second-order valence-electron chi connectivity index (χ2n) is 8.62. The van der Waals surface area contributed by atoms with Gasteiger partial charge in [0.2, 0.25) is 0 Å². The van der Waals surface area contributed by atoms with Crippen molar-refractivity contribution < 1.29 is 13.9 Å². The van der Waals surface area contributed by atoms with E-state index in [0.717, 1.165) is 51.7 Å². The van der Waals surface area contributed by atoms with E-state index in [2.05, 4.69) is 29.0 Å². The Morgan fingerprint density at radius 2 is 2.00 bits per heavy atom. The van der Waals surface area contributed by atoms with Gasteiger partial charge in [0.25, 0.3) is 0 Å². The summed E-state index contributed by atoms with van der Waals surface area (Å²) in [4.78, 5) is 15.2. The van der Waals surface area contributed by atoms with Crippen LogP contribution in [0.5, 0.6) is 0 Å². The quantitative estimate of drug-likeness (QED) is 0.766. The number of amides is 1. The van der Waals surface area contributed by atoms with Gasteiger partial charge in [-0.15, -0.1) is 0 Å². The molecule has 3 saturated heterocycles. The van der Waals surface area contributed by atoms with Crippen molar-refractivity contribution in [2.45, 2.75) is 64.0 Å². The monoisotopic (exact) mass is 386 g/mol. The number of fused-ring (bicyclic) bond motifs is 3. The molecule has 4 nitrogen and oxygen atoms in total. The van der Waals surface area contributed by atoms with Crippen molar-refractivity contribution in [1.82, 2.24) is 10.2 Å². The summed E-state index contributed by atoms with van der Waals surface area (Å²) in [6, 6.07) is 6.01. The summed E-state index contributed by atoms with van der Waals surface area (Å²) in [7, 11) is 0. The molecule has 0 spiro atoms. The number of unbranched alkanes of at least 4 members (excludes halogenated alkanes) is 1. The number of ether oxygens (including phenoxy) is 1. The van der Waals surface area contributed by atoms with Gasteiger partial charge in [-0.2, -0.15) is 0 Å². The lowest BCUT2D eigenvalue weighted by Crippen LogP contribution is -2.62. The van der Waals surface area contributed by atoms with E-state index in [1.54, 1.807) is 12.1 Å². The number of hydrogen-bond acceptors (Lipinski definition) is 3. The number of rotatable bonds is 5. The fourth-order valence-electron chi connectivity index (χ4n) is 4.31. The minimum absolute atomic E-state index is 0.290. The van der Waals surface area contributed by atoms with Crippen molar-refractivity contribution in [1.29, 1.82) is 0 Å². The van der Waals surface area contributed by atoms with Crippen LogP contribution in [-0.2, 0) is 4.74 Å². The zero-order chi connectivity index (χ0) is 20.2. The molecule has 0 aliphatic carbocycles. The van der Waals surface area contributed by atoms with Gasteiger partial charge in [0.1, 0.15) is 11.4 Å². The summed E-state index contributed by atoms with van der Waals surface area (Å²) in [5, 5.41) is 2.92. The molecule has 3 aliphatic rings. The molecule has 3 fully saturated rings. The van der Waals surface area contributed by atoms with Gasteiger partial charge >= 0.3 is 6.09 Å². The molecule has 1 atom stereocenters. The fourth-order valence-corrected chi connectivity index (χ4v) is 4.31. The van der Waals surface area contributed by atoms with Gasteiger partial charge in [0.05, 0.1) is 5.54 Å². The van der Waals surface area contributed by atoms with Gasteiger partial charge in [-0.3, -0.25) is 4.90 Å². The molecule has 1 aromatic carbocycles. The van der Waals surface area contributed by atoms with Gasteiger partial charge < -0.3 is 10.1 Å². The van der Waals surface area contributed by atoms with Crippen LogP contribution in [0.4, 0.5) is 9.18 Å². The zero-order valence-electron chi connectivity index (χ0n) is 17.2. The van der Waals surface area contributed by atoms with E-state index in [0.29, 0.717) is 11.5 Å². The summed E-state index contributed by atoms with van der Waals surface area (Å²) in [6.07, 6.45) is 4.87. The zero-order valence-corrected chi connectivity index (χ0v) is 17.2. The predicted molar refractivity (Wildman–Crippen MR) is 108 cm³/mol. The first-order valence-electron chi connectivity index (χ1n) is 10.3. The third kappa shape index (κ3) is 5.05. The average Bonchev–Trinajstić information content (AvgIpc) is 2.66. The van der Waals surface area contributed by atoms with Crippen molar-refractivity contribution in [3.63, 3.8) is 0 Å². The second kappa shape index (κ2) is 8.53. The number of benzene rings is 1. The van der Waals surface area contributed by atoms with Crippen LogP contribution >= 0.6 is 0 Å². The summed E-state index contributed by atoms with van der Waals surface area (Å²) < 4.78 is 19.1. The normalized spacial score (nSPS) is 26.3. The molecule has 3 heterocycles. The maximum atomic E-state index is 13.0. The molecule has 28 heavy (non-hydrogen) atoms. The highest BCUT2D eigenvalue weighted by atomic mass is 19.1. The number of nitrogens with zero attached hydrogens (tertiary/aromatic N) is 1. The molecule has 1 N–H and O–H groups in total.